The van der Waals surface area contributed by atoms with Crippen molar-refractivity contribution in [2.45, 2.75) is 31.0 Å². The lowest BCUT2D eigenvalue weighted by Crippen LogP contribution is -2.37. The number of carbonyl (C=O) groups excluding carboxylic acids is 2. The second-order valence-electron chi connectivity index (χ2n) is 7.47. The summed E-state index contributed by atoms with van der Waals surface area (Å²) < 4.78 is 52.3. The van der Waals surface area contributed by atoms with E-state index in [-0.39, 0.29) is 23.2 Å². The number of likely N-dealkylation sites (N-methyl/N-ethyl adjacent to an activating group) is 1. The molecule has 1 aliphatic rings. The molecule has 3 rings (SSSR count). The number of likely N-dealkylation sites (tertiary alicyclic amines) is 1. The van der Waals surface area contributed by atoms with Crippen LogP contribution in [0.2, 0.25) is 0 Å². The second-order valence-corrected chi connectivity index (χ2v) is 7.47. The molecule has 1 fully saturated rings. The summed E-state index contributed by atoms with van der Waals surface area (Å²) in [4.78, 5) is 29.0. The van der Waals surface area contributed by atoms with E-state index in [1.807, 2.05) is 0 Å². The molecular weight excluding hydrogens is 430 g/mol. The third-order valence-corrected chi connectivity index (χ3v) is 5.03. The zero-order chi connectivity index (χ0) is 23.7. The van der Waals surface area contributed by atoms with Gasteiger partial charge in [-0.1, -0.05) is 24.0 Å². The molecule has 0 unspecified atom stereocenters. The van der Waals surface area contributed by atoms with Crippen molar-refractivity contribution < 1.29 is 32.3 Å². The van der Waals surface area contributed by atoms with Gasteiger partial charge in [0, 0.05) is 37.6 Å². The minimum absolute atomic E-state index is 0.145. The lowest BCUT2D eigenvalue weighted by molar-refractivity contribution is -0.137. The maximum Gasteiger partial charge on any atom is 0.389 e. The summed E-state index contributed by atoms with van der Waals surface area (Å²) >= 11 is 0. The van der Waals surface area contributed by atoms with Gasteiger partial charge in [0.05, 0.1) is 0 Å². The molecule has 0 bridgehead atoms. The molecule has 0 aliphatic carbocycles. The van der Waals surface area contributed by atoms with Crippen LogP contribution in [0.3, 0.4) is 0 Å². The minimum Gasteiger partial charge on any atom is -0.369 e. The number of nitrogens with two attached hydrogens (primary N) is 1. The van der Waals surface area contributed by atoms with Gasteiger partial charge in [-0.25, -0.2) is 9.37 Å². The van der Waals surface area contributed by atoms with Crippen LogP contribution in [0.5, 0.6) is 0 Å². The second kappa shape index (κ2) is 8.59. The van der Waals surface area contributed by atoms with E-state index < -0.39 is 47.9 Å². The van der Waals surface area contributed by atoms with E-state index in [4.69, 9.17) is 5.73 Å². The number of nitrogens with zero attached hydrogens (tertiary/aromatic N) is 2. The number of rotatable bonds is 4. The van der Waals surface area contributed by atoms with Crippen molar-refractivity contribution in [1.29, 1.82) is 0 Å². The number of aromatic nitrogens is 1. The van der Waals surface area contributed by atoms with E-state index in [0.717, 1.165) is 6.07 Å². The van der Waals surface area contributed by atoms with Crippen LogP contribution < -0.4 is 5.73 Å². The fourth-order valence-corrected chi connectivity index (χ4v) is 3.30. The van der Waals surface area contributed by atoms with Crippen LogP contribution in [0.4, 0.5) is 17.6 Å². The molecule has 1 aromatic heterocycles. The first-order valence-electron chi connectivity index (χ1n) is 9.57. The van der Waals surface area contributed by atoms with Crippen LogP contribution in [-0.2, 0) is 11.2 Å². The van der Waals surface area contributed by atoms with Gasteiger partial charge in [0.15, 0.2) is 0 Å². The highest BCUT2D eigenvalue weighted by Crippen LogP contribution is 2.28. The van der Waals surface area contributed by atoms with E-state index in [1.165, 1.54) is 23.1 Å². The van der Waals surface area contributed by atoms with Crippen LogP contribution in [-0.4, -0.2) is 52.2 Å². The van der Waals surface area contributed by atoms with Gasteiger partial charge in [-0.05, 0) is 30.2 Å². The van der Waals surface area contributed by atoms with Crippen molar-refractivity contribution in [2.75, 3.05) is 13.6 Å². The molecule has 0 spiro atoms. The molecular formula is C22H19F4N3O3. The highest BCUT2D eigenvalue weighted by Gasteiger charge is 2.42. The number of benzene rings is 1. The van der Waals surface area contributed by atoms with Crippen molar-refractivity contribution in [1.82, 2.24) is 9.88 Å². The summed E-state index contributed by atoms with van der Waals surface area (Å²) in [6, 6.07) is 6.80. The molecule has 1 aromatic carbocycles. The Kier molecular flexibility index (Phi) is 6.23. The van der Waals surface area contributed by atoms with Gasteiger partial charge in [-0.2, -0.15) is 13.2 Å². The zero-order valence-electron chi connectivity index (χ0n) is 17.0. The third-order valence-electron chi connectivity index (χ3n) is 5.03. The van der Waals surface area contributed by atoms with Crippen LogP contribution in [0, 0.1) is 17.7 Å². The number of alkyl halides is 3. The third kappa shape index (κ3) is 5.06. The Morgan fingerprint density at radius 2 is 2.06 bits per heavy atom. The lowest BCUT2D eigenvalue weighted by Gasteiger charge is -2.13. The molecule has 2 amide bonds. The molecule has 0 radical (unpaired) electrons. The summed E-state index contributed by atoms with van der Waals surface area (Å²) in [7, 11) is 1.55. The number of aliphatic hydroxyl groups is 1. The van der Waals surface area contributed by atoms with Gasteiger partial charge in [-0.3, -0.25) is 9.59 Å². The largest absolute Gasteiger partial charge is 0.389 e. The van der Waals surface area contributed by atoms with Crippen molar-refractivity contribution in [3.05, 3.63) is 53.0 Å². The molecule has 2 aromatic rings. The molecule has 1 atom stereocenters. The SMILES string of the molecule is CN1CC[C@@](O)(C#Cc2cccc(-c3nc(C(N)=O)c(CCC(F)(F)F)cc3F)c2)C1=O. The summed E-state index contributed by atoms with van der Waals surface area (Å²) in [6.07, 6.45) is -6.24. The maximum atomic E-state index is 14.7. The number of pyridine rings is 1. The molecule has 168 valence electrons. The van der Waals surface area contributed by atoms with E-state index in [1.54, 1.807) is 13.1 Å². The van der Waals surface area contributed by atoms with Crippen LogP contribution in [0.1, 0.15) is 34.5 Å². The Balaban J connectivity index is 1.96. The molecule has 1 saturated heterocycles. The number of carbonyl (C=O) groups is 2. The number of aryl methyl sites for hydroxylation is 1. The molecule has 3 N–H and O–H groups in total. The summed E-state index contributed by atoms with van der Waals surface area (Å²) in [5.41, 5.74) is 2.99. The first-order chi connectivity index (χ1) is 14.9. The number of halogens is 4. The van der Waals surface area contributed by atoms with Gasteiger partial charge >= 0.3 is 6.18 Å². The monoisotopic (exact) mass is 449 g/mol. The van der Waals surface area contributed by atoms with Crippen LogP contribution in [0.15, 0.2) is 30.3 Å². The Bertz CT molecular complexity index is 1140. The normalized spacial score (nSPS) is 18.4. The Hall–Kier alpha value is -3.45. The first-order valence-corrected chi connectivity index (χ1v) is 9.57. The van der Waals surface area contributed by atoms with Gasteiger partial charge < -0.3 is 15.7 Å². The minimum atomic E-state index is -4.49. The molecule has 2 heterocycles. The molecule has 10 heteroatoms. The zero-order valence-corrected chi connectivity index (χ0v) is 17.0. The van der Waals surface area contributed by atoms with Gasteiger partial charge in [0.25, 0.3) is 11.8 Å². The first kappa shape index (κ1) is 23.2. The van der Waals surface area contributed by atoms with Crippen molar-refractivity contribution >= 4 is 11.8 Å². The number of hydrogen-bond acceptors (Lipinski definition) is 4. The Morgan fingerprint density at radius 1 is 1.34 bits per heavy atom. The van der Waals surface area contributed by atoms with E-state index in [9.17, 15) is 32.3 Å². The highest BCUT2D eigenvalue weighted by molar-refractivity contribution is 5.93. The van der Waals surface area contributed by atoms with Gasteiger partial charge in [0.2, 0.25) is 5.60 Å². The number of hydrogen-bond donors (Lipinski definition) is 2. The van der Waals surface area contributed by atoms with Crippen molar-refractivity contribution in [3.63, 3.8) is 0 Å². The Morgan fingerprint density at radius 3 is 2.66 bits per heavy atom. The summed E-state index contributed by atoms with van der Waals surface area (Å²) in [6.45, 7) is 0.357. The van der Waals surface area contributed by atoms with Crippen LogP contribution in [0.25, 0.3) is 11.3 Å². The fourth-order valence-electron chi connectivity index (χ4n) is 3.30. The quantitative estimate of drug-likeness (QED) is 0.554. The topological polar surface area (TPSA) is 96.5 Å². The van der Waals surface area contributed by atoms with Crippen molar-refractivity contribution in [2.24, 2.45) is 5.73 Å². The predicted molar refractivity (Wildman–Crippen MR) is 107 cm³/mol. The number of primary amides is 1. The number of amides is 2. The fraction of sp³-hybridized carbons (Fsp3) is 0.318. The van der Waals surface area contributed by atoms with E-state index in [0.29, 0.717) is 12.1 Å². The Labute approximate surface area is 181 Å². The molecule has 1 aliphatic heterocycles. The highest BCUT2D eigenvalue weighted by atomic mass is 19.4. The summed E-state index contributed by atoms with van der Waals surface area (Å²) in [5.74, 6) is 2.69. The molecule has 0 saturated carbocycles. The predicted octanol–water partition coefficient (Wildman–Crippen LogP) is 2.43. The lowest BCUT2D eigenvalue weighted by atomic mass is 10.0. The van der Waals surface area contributed by atoms with Gasteiger partial charge in [-0.15, -0.1) is 0 Å². The standard InChI is InChI=1S/C22H19F4N3O3/c1-29-10-9-21(32,20(29)31)7-5-13-3-2-4-14(11-13)17-16(23)12-15(6-8-22(24,25)26)18(28-17)19(27)30/h2-4,11-12,32H,6,8-10H2,1H3,(H2,27,30)/t21-/m0/s1. The van der Waals surface area contributed by atoms with Gasteiger partial charge in [0.1, 0.15) is 17.2 Å². The maximum absolute atomic E-state index is 14.7. The average Bonchev–Trinajstić information content (AvgIpc) is 2.98. The molecule has 32 heavy (non-hydrogen) atoms. The van der Waals surface area contributed by atoms with E-state index in [2.05, 4.69) is 16.8 Å². The molecule has 6 nitrogen and oxygen atoms in total. The van der Waals surface area contributed by atoms with Crippen LogP contribution >= 0.6 is 0 Å². The summed E-state index contributed by atoms with van der Waals surface area (Å²) in [5, 5.41) is 10.4. The van der Waals surface area contributed by atoms with E-state index >= 15 is 0 Å². The average molecular weight is 449 g/mol. The smallest absolute Gasteiger partial charge is 0.369 e. The van der Waals surface area contributed by atoms with Crippen molar-refractivity contribution in [3.8, 4) is 23.1 Å².